The molecule has 190 valence electrons. The lowest BCUT2D eigenvalue weighted by Gasteiger charge is -2.25. The standard InChI is InChI=1S/C28H33N3O5/c1-18-27(31-24-12-8-7-11-23(24)29-18)36-16-15-35-25-14-13-21(26(32)30-19(2)28(33)34-3)17-22(25)20-9-5-4-6-10-20/h7-8,11-14,17,19-20H,4-6,9-10,15-16H2,1-3H3,(H,30,32)/t19-/m0/s1. The number of carbonyl (C=O) groups is 2. The Labute approximate surface area is 211 Å². The summed E-state index contributed by atoms with van der Waals surface area (Å²) in [6.45, 7) is 4.13. The van der Waals surface area contributed by atoms with E-state index in [0.717, 1.165) is 53.7 Å². The predicted octanol–water partition coefficient (Wildman–Crippen LogP) is 4.74. The molecule has 0 radical (unpaired) electrons. The van der Waals surface area contributed by atoms with Crippen LogP contribution in [0.4, 0.5) is 0 Å². The molecule has 36 heavy (non-hydrogen) atoms. The van der Waals surface area contributed by atoms with E-state index in [1.54, 1.807) is 13.0 Å². The molecule has 3 aromatic rings. The second kappa shape index (κ2) is 11.8. The number of carbonyl (C=O) groups excluding carboxylic acids is 2. The van der Waals surface area contributed by atoms with Crippen molar-refractivity contribution in [2.45, 2.75) is 57.9 Å². The Hall–Kier alpha value is -3.68. The molecule has 1 fully saturated rings. The summed E-state index contributed by atoms with van der Waals surface area (Å²) in [6.07, 6.45) is 5.65. The molecule has 1 aromatic heterocycles. The molecule has 8 heteroatoms. The first kappa shape index (κ1) is 25.4. The van der Waals surface area contributed by atoms with E-state index in [1.165, 1.54) is 13.5 Å². The van der Waals surface area contributed by atoms with Crippen molar-refractivity contribution in [3.05, 3.63) is 59.3 Å². The number of aryl methyl sites for hydroxylation is 1. The fourth-order valence-corrected chi connectivity index (χ4v) is 4.57. The Balaban J connectivity index is 1.44. The van der Waals surface area contributed by atoms with Gasteiger partial charge in [0, 0.05) is 5.56 Å². The van der Waals surface area contributed by atoms with Gasteiger partial charge in [-0.25, -0.2) is 14.8 Å². The Kier molecular flexibility index (Phi) is 8.36. The van der Waals surface area contributed by atoms with Gasteiger partial charge in [0.15, 0.2) is 0 Å². The number of nitrogens with zero attached hydrogens (tertiary/aromatic N) is 2. The summed E-state index contributed by atoms with van der Waals surface area (Å²) >= 11 is 0. The highest BCUT2D eigenvalue weighted by Gasteiger charge is 2.23. The van der Waals surface area contributed by atoms with Crippen LogP contribution in [0.2, 0.25) is 0 Å². The number of esters is 1. The monoisotopic (exact) mass is 491 g/mol. The summed E-state index contributed by atoms with van der Waals surface area (Å²) in [7, 11) is 1.30. The van der Waals surface area contributed by atoms with E-state index in [-0.39, 0.29) is 5.91 Å². The fourth-order valence-electron chi connectivity index (χ4n) is 4.57. The quantitative estimate of drug-likeness (QED) is 0.341. The summed E-state index contributed by atoms with van der Waals surface area (Å²) in [6, 6.07) is 12.4. The van der Waals surface area contributed by atoms with E-state index < -0.39 is 12.0 Å². The van der Waals surface area contributed by atoms with E-state index in [4.69, 9.17) is 14.2 Å². The first-order valence-electron chi connectivity index (χ1n) is 12.5. The van der Waals surface area contributed by atoms with E-state index in [9.17, 15) is 9.59 Å². The van der Waals surface area contributed by atoms with Gasteiger partial charge in [0.2, 0.25) is 5.88 Å². The summed E-state index contributed by atoms with van der Waals surface area (Å²) < 4.78 is 16.7. The number of aromatic nitrogens is 2. The zero-order chi connectivity index (χ0) is 25.5. The summed E-state index contributed by atoms with van der Waals surface area (Å²) in [5.74, 6) is 0.780. The van der Waals surface area contributed by atoms with Crippen molar-refractivity contribution < 1.29 is 23.8 Å². The van der Waals surface area contributed by atoms with Crippen molar-refractivity contribution in [3.8, 4) is 11.6 Å². The summed E-state index contributed by atoms with van der Waals surface area (Å²) in [5, 5.41) is 2.70. The van der Waals surface area contributed by atoms with Gasteiger partial charge in [0.05, 0.1) is 18.1 Å². The summed E-state index contributed by atoms with van der Waals surface area (Å²) in [5.41, 5.74) is 3.87. The second-order valence-corrected chi connectivity index (χ2v) is 9.11. The highest BCUT2D eigenvalue weighted by Crippen LogP contribution is 2.38. The molecule has 0 aliphatic heterocycles. The molecule has 1 N–H and O–H groups in total. The second-order valence-electron chi connectivity index (χ2n) is 9.11. The van der Waals surface area contributed by atoms with Crippen LogP contribution in [0.25, 0.3) is 11.0 Å². The molecule has 4 rings (SSSR count). The normalized spacial score (nSPS) is 14.8. The zero-order valence-corrected chi connectivity index (χ0v) is 21.1. The number of fused-ring (bicyclic) bond motifs is 1. The number of benzene rings is 2. The highest BCUT2D eigenvalue weighted by molar-refractivity contribution is 5.97. The molecule has 0 unspecified atom stereocenters. The average Bonchev–Trinajstić information content (AvgIpc) is 2.91. The number of hydrogen-bond acceptors (Lipinski definition) is 7. The third-order valence-corrected chi connectivity index (χ3v) is 6.50. The van der Waals surface area contributed by atoms with Gasteiger partial charge in [-0.15, -0.1) is 0 Å². The van der Waals surface area contributed by atoms with E-state index in [0.29, 0.717) is 30.6 Å². The smallest absolute Gasteiger partial charge is 0.328 e. The molecule has 1 heterocycles. The predicted molar refractivity (Wildman–Crippen MR) is 136 cm³/mol. The van der Waals surface area contributed by atoms with Crippen molar-refractivity contribution in [3.63, 3.8) is 0 Å². The van der Waals surface area contributed by atoms with Crippen LogP contribution < -0.4 is 14.8 Å². The molecular weight excluding hydrogens is 458 g/mol. The minimum Gasteiger partial charge on any atom is -0.490 e. The van der Waals surface area contributed by atoms with Crippen molar-refractivity contribution in [1.29, 1.82) is 0 Å². The molecule has 2 aromatic carbocycles. The van der Waals surface area contributed by atoms with Crippen LogP contribution in [-0.2, 0) is 9.53 Å². The molecule has 1 saturated carbocycles. The van der Waals surface area contributed by atoms with Gasteiger partial charge in [-0.3, -0.25) is 4.79 Å². The molecule has 8 nitrogen and oxygen atoms in total. The van der Waals surface area contributed by atoms with Crippen LogP contribution >= 0.6 is 0 Å². The minimum atomic E-state index is -0.727. The first-order valence-corrected chi connectivity index (χ1v) is 12.5. The van der Waals surface area contributed by atoms with E-state index >= 15 is 0 Å². The van der Waals surface area contributed by atoms with E-state index in [2.05, 4.69) is 15.3 Å². The lowest BCUT2D eigenvalue weighted by Crippen LogP contribution is -2.39. The first-order chi connectivity index (χ1) is 17.5. The van der Waals surface area contributed by atoms with Crippen LogP contribution in [-0.4, -0.2) is 48.2 Å². The minimum absolute atomic E-state index is 0.315. The van der Waals surface area contributed by atoms with Crippen molar-refractivity contribution in [2.75, 3.05) is 20.3 Å². The van der Waals surface area contributed by atoms with Gasteiger partial charge >= 0.3 is 5.97 Å². The number of para-hydroxylation sites is 2. The number of ether oxygens (including phenoxy) is 3. The Bertz CT molecular complexity index is 1220. The van der Waals surface area contributed by atoms with Gasteiger partial charge in [-0.05, 0) is 68.5 Å². The van der Waals surface area contributed by atoms with Crippen molar-refractivity contribution in [2.24, 2.45) is 0 Å². The van der Waals surface area contributed by atoms with Crippen LogP contribution in [0.5, 0.6) is 11.6 Å². The Morgan fingerprint density at radius 3 is 2.42 bits per heavy atom. The third-order valence-electron chi connectivity index (χ3n) is 6.50. The maximum atomic E-state index is 12.8. The molecule has 1 amide bonds. The highest BCUT2D eigenvalue weighted by atomic mass is 16.5. The Morgan fingerprint density at radius 1 is 1.00 bits per heavy atom. The number of rotatable bonds is 9. The lowest BCUT2D eigenvalue weighted by atomic mass is 9.83. The van der Waals surface area contributed by atoms with Gasteiger partial charge < -0.3 is 19.5 Å². The van der Waals surface area contributed by atoms with Crippen LogP contribution in [0.15, 0.2) is 42.5 Å². The average molecular weight is 492 g/mol. The molecular formula is C28H33N3O5. The van der Waals surface area contributed by atoms with Crippen molar-refractivity contribution in [1.82, 2.24) is 15.3 Å². The largest absolute Gasteiger partial charge is 0.490 e. The van der Waals surface area contributed by atoms with Gasteiger partial charge in [-0.2, -0.15) is 0 Å². The van der Waals surface area contributed by atoms with Gasteiger partial charge in [-0.1, -0.05) is 31.4 Å². The van der Waals surface area contributed by atoms with Gasteiger partial charge in [0.25, 0.3) is 5.91 Å². The zero-order valence-electron chi connectivity index (χ0n) is 21.1. The molecule has 1 aliphatic carbocycles. The van der Waals surface area contributed by atoms with Crippen molar-refractivity contribution >= 4 is 22.9 Å². The third kappa shape index (κ3) is 6.11. The Morgan fingerprint density at radius 2 is 1.69 bits per heavy atom. The summed E-state index contributed by atoms with van der Waals surface area (Å²) in [4.78, 5) is 33.6. The molecule has 1 atom stereocenters. The SMILES string of the molecule is COC(=O)[C@H](C)NC(=O)c1ccc(OCCOc2nc3ccccc3nc2C)c(C2CCCCC2)c1. The number of nitrogens with one attached hydrogen (secondary N) is 1. The topological polar surface area (TPSA) is 99.6 Å². The molecule has 0 saturated heterocycles. The fraction of sp³-hybridized carbons (Fsp3) is 0.429. The maximum Gasteiger partial charge on any atom is 0.328 e. The number of amides is 1. The molecule has 1 aliphatic rings. The van der Waals surface area contributed by atoms with Gasteiger partial charge in [0.1, 0.15) is 30.7 Å². The maximum absolute atomic E-state index is 12.8. The van der Waals surface area contributed by atoms with E-state index in [1.807, 2.05) is 43.3 Å². The lowest BCUT2D eigenvalue weighted by molar-refractivity contribution is -0.142. The number of methoxy groups -OCH3 is 1. The van der Waals surface area contributed by atoms with Crippen LogP contribution in [0.1, 0.15) is 66.6 Å². The van der Waals surface area contributed by atoms with Crippen LogP contribution in [0.3, 0.4) is 0 Å². The van der Waals surface area contributed by atoms with Crippen LogP contribution in [0, 0.1) is 6.92 Å². The molecule has 0 spiro atoms. The molecule has 0 bridgehead atoms. The number of hydrogen-bond donors (Lipinski definition) is 1.